The van der Waals surface area contributed by atoms with Crippen molar-refractivity contribution in [3.8, 4) is 0 Å². The number of aromatic nitrogens is 2. The first kappa shape index (κ1) is 21.2. The van der Waals surface area contributed by atoms with Crippen LogP contribution in [0.4, 0.5) is 10.8 Å². The molecule has 1 aromatic heterocycles. The summed E-state index contributed by atoms with van der Waals surface area (Å²) >= 11 is 7.09. The summed E-state index contributed by atoms with van der Waals surface area (Å²) in [6, 6.07) is 10.8. The highest BCUT2D eigenvalue weighted by Gasteiger charge is 2.28. The molecule has 8 nitrogen and oxygen atoms in total. The first-order chi connectivity index (χ1) is 15.4. The Morgan fingerprint density at radius 2 is 1.97 bits per heavy atom. The molecule has 1 amide bonds. The molecule has 0 radical (unpaired) electrons. The number of hydrogen-bond donors (Lipinski definition) is 1. The molecular weight excluding hydrogens is 470 g/mol. The molecule has 0 saturated carbocycles. The summed E-state index contributed by atoms with van der Waals surface area (Å²) in [5, 5.41) is 0.920. The zero-order valence-corrected chi connectivity index (χ0v) is 19.4. The minimum atomic E-state index is -3.77. The van der Waals surface area contributed by atoms with Crippen molar-refractivity contribution in [2.45, 2.75) is 30.8 Å². The number of aryl methyl sites for hydroxylation is 1. The Labute approximate surface area is 195 Å². The third-order valence-corrected chi connectivity index (χ3v) is 8.01. The Balaban J connectivity index is 1.29. The minimum absolute atomic E-state index is 0.0143. The highest BCUT2D eigenvalue weighted by molar-refractivity contribution is 7.93. The summed E-state index contributed by atoms with van der Waals surface area (Å²) in [6.45, 7) is 1.96. The Morgan fingerprint density at radius 3 is 2.78 bits per heavy atom. The Bertz CT molecular complexity index is 1280. The minimum Gasteiger partial charge on any atom is -0.362 e. The van der Waals surface area contributed by atoms with Gasteiger partial charge in [-0.05, 0) is 59.9 Å². The second-order valence-electron chi connectivity index (χ2n) is 7.83. The Hall–Kier alpha value is -2.69. The van der Waals surface area contributed by atoms with Crippen LogP contribution >= 0.6 is 23.1 Å². The van der Waals surface area contributed by atoms with Crippen LogP contribution < -0.4 is 9.62 Å². The number of anilines is 2. The summed E-state index contributed by atoms with van der Waals surface area (Å²) in [6.07, 6.45) is 3.23. The standard InChI is InChI=1S/C21H20ClN5O3S2/c22-17-4-6-19-14(8-17)2-1-7-26(19)12-20(28)27-10-15-3-5-18(9-16(15)11-27)32(29,30)25-21-23-13-24-31-21/h3-6,8-9,13H,1-2,7,10-12H2,(H,23,24,25). The van der Waals surface area contributed by atoms with Crippen molar-refractivity contribution in [2.24, 2.45) is 0 Å². The Morgan fingerprint density at radius 1 is 1.12 bits per heavy atom. The van der Waals surface area contributed by atoms with E-state index in [1.54, 1.807) is 23.1 Å². The number of halogens is 1. The molecule has 1 N–H and O–H groups in total. The molecule has 0 aliphatic carbocycles. The van der Waals surface area contributed by atoms with E-state index < -0.39 is 10.0 Å². The van der Waals surface area contributed by atoms with Crippen LogP contribution in [-0.4, -0.2) is 41.7 Å². The van der Waals surface area contributed by atoms with E-state index in [4.69, 9.17) is 11.6 Å². The van der Waals surface area contributed by atoms with Gasteiger partial charge in [-0.15, -0.1) is 0 Å². The smallest absolute Gasteiger partial charge is 0.263 e. The van der Waals surface area contributed by atoms with Crippen molar-refractivity contribution >= 4 is 49.9 Å². The lowest BCUT2D eigenvalue weighted by atomic mass is 10.0. The fourth-order valence-corrected chi connectivity index (χ4v) is 6.08. The summed E-state index contributed by atoms with van der Waals surface area (Å²) in [4.78, 5) is 20.9. The zero-order valence-electron chi connectivity index (χ0n) is 17.0. The lowest BCUT2D eigenvalue weighted by Gasteiger charge is -2.32. The van der Waals surface area contributed by atoms with Gasteiger partial charge in [0, 0.05) is 41.9 Å². The molecule has 0 unspecified atom stereocenters. The van der Waals surface area contributed by atoms with Crippen molar-refractivity contribution in [2.75, 3.05) is 22.7 Å². The molecule has 166 valence electrons. The number of amides is 1. The molecule has 3 aromatic rings. The van der Waals surface area contributed by atoms with Gasteiger partial charge in [-0.25, -0.2) is 13.4 Å². The van der Waals surface area contributed by atoms with Crippen LogP contribution in [0.25, 0.3) is 0 Å². The molecule has 32 heavy (non-hydrogen) atoms. The van der Waals surface area contributed by atoms with Crippen LogP contribution in [0, 0.1) is 0 Å². The van der Waals surface area contributed by atoms with Gasteiger partial charge in [-0.3, -0.25) is 9.52 Å². The third kappa shape index (κ3) is 4.17. The fraction of sp³-hybridized carbons (Fsp3) is 0.286. The average Bonchev–Trinajstić information content (AvgIpc) is 3.42. The van der Waals surface area contributed by atoms with Crippen LogP contribution in [0.1, 0.15) is 23.1 Å². The number of carbonyl (C=O) groups excluding carboxylic acids is 1. The molecule has 2 aliphatic heterocycles. The summed E-state index contributed by atoms with van der Waals surface area (Å²) < 4.78 is 31.5. The number of hydrogen-bond acceptors (Lipinski definition) is 7. The topological polar surface area (TPSA) is 95.5 Å². The van der Waals surface area contributed by atoms with Crippen LogP contribution in [0.15, 0.2) is 47.6 Å². The van der Waals surface area contributed by atoms with Crippen molar-refractivity contribution in [1.29, 1.82) is 0 Å². The summed E-state index contributed by atoms with van der Waals surface area (Å²) in [5.41, 5.74) is 4.02. The van der Waals surface area contributed by atoms with Gasteiger partial charge in [0.1, 0.15) is 6.33 Å². The van der Waals surface area contributed by atoms with E-state index in [1.165, 1.54) is 11.9 Å². The molecule has 0 bridgehead atoms. The summed E-state index contributed by atoms with van der Waals surface area (Å²) in [7, 11) is -3.77. The SMILES string of the molecule is O=C(CN1CCCc2cc(Cl)ccc21)N1Cc2ccc(S(=O)(=O)Nc3ncns3)cc2C1. The number of nitrogens with one attached hydrogen (secondary N) is 1. The quantitative estimate of drug-likeness (QED) is 0.591. The average molecular weight is 490 g/mol. The van der Waals surface area contributed by atoms with Crippen LogP contribution in [0.3, 0.4) is 0 Å². The predicted molar refractivity (Wildman–Crippen MR) is 123 cm³/mol. The van der Waals surface area contributed by atoms with Gasteiger partial charge >= 0.3 is 0 Å². The number of benzene rings is 2. The molecule has 2 aromatic carbocycles. The van der Waals surface area contributed by atoms with E-state index in [-0.39, 0.29) is 22.5 Å². The maximum absolute atomic E-state index is 13.1. The van der Waals surface area contributed by atoms with Gasteiger partial charge in [-0.2, -0.15) is 4.37 Å². The third-order valence-electron chi connectivity index (χ3n) is 5.73. The monoisotopic (exact) mass is 489 g/mol. The van der Waals surface area contributed by atoms with Gasteiger partial charge in [0.2, 0.25) is 11.0 Å². The van der Waals surface area contributed by atoms with Crippen LogP contribution in [0.2, 0.25) is 5.02 Å². The molecule has 2 aliphatic rings. The first-order valence-electron chi connectivity index (χ1n) is 10.1. The molecule has 0 spiro atoms. The lowest BCUT2D eigenvalue weighted by molar-refractivity contribution is -0.130. The number of rotatable bonds is 5. The van der Waals surface area contributed by atoms with E-state index in [0.29, 0.717) is 18.1 Å². The van der Waals surface area contributed by atoms with Crippen molar-refractivity contribution in [1.82, 2.24) is 14.3 Å². The van der Waals surface area contributed by atoms with Gasteiger partial charge in [-0.1, -0.05) is 17.7 Å². The van der Waals surface area contributed by atoms with Crippen molar-refractivity contribution < 1.29 is 13.2 Å². The lowest BCUT2D eigenvalue weighted by Crippen LogP contribution is -2.40. The van der Waals surface area contributed by atoms with E-state index in [1.807, 2.05) is 18.2 Å². The molecule has 0 fully saturated rings. The van der Waals surface area contributed by atoms with Gasteiger partial charge in [0.05, 0.1) is 11.4 Å². The number of nitrogens with zero attached hydrogens (tertiary/aromatic N) is 4. The van der Waals surface area contributed by atoms with E-state index in [0.717, 1.165) is 47.7 Å². The zero-order chi connectivity index (χ0) is 22.3. The number of carbonyl (C=O) groups is 1. The van der Waals surface area contributed by atoms with Gasteiger partial charge < -0.3 is 9.80 Å². The summed E-state index contributed by atoms with van der Waals surface area (Å²) in [5.74, 6) is 0.0143. The maximum Gasteiger partial charge on any atom is 0.263 e. The van der Waals surface area contributed by atoms with Crippen LogP contribution in [0.5, 0.6) is 0 Å². The van der Waals surface area contributed by atoms with Crippen molar-refractivity contribution in [3.63, 3.8) is 0 Å². The van der Waals surface area contributed by atoms with Crippen molar-refractivity contribution in [3.05, 3.63) is 64.4 Å². The number of fused-ring (bicyclic) bond motifs is 2. The van der Waals surface area contributed by atoms with E-state index >= 15 is 0 Å². The van der Waals surface area contributed by atoms with E-state index in [2.05, 4.69) is 19.0 Å². The van der Waals surface area contributed by atoms with Crippen LogP contribution in [-0.2, 0) is 34.3 Å². The van der Waals surface area contributed by atoms with Gasteiger partial charge in [0.25, 0.3) is 10.0 Å². The molecule has 0 saturated heterocycles. The predicted octanol–water partition coefficient (Wildman–Crippen LogP) is 3.29. The fourth-order valence-electron chi connectivity index (χ4n) is 4.18. The second-order valence-corrected chi connectivity index (χ2v) is 10.7. The highest BCUT2D eigenvalue weighted by Crippen LogP contribution is 2.31. The maximum atomic E-state index is 13.1. The second kappa shape index (κ2) is 8.34. The van der Waals surface area contributed by atoms with Gasteiger partial charge in [0.15, 0.2) is 0 Å². The normalized spacial score (nSPS) is 15.4. The molecule has 11 heteroatoms. The molecular formula is C21H20ClN5O3S2. The molecule has 3 heterocycles. The first-order valence-corrected chi connectivity index (χ1v) is 12.7. The largest absolute Gasteiger partial charge is 0.362 e. The van der Waals surface area contributed by atoms with E-state index in [9.17, 15) is 13.2 Å². The number of sulfonamides is 1. The molecule has 5 rings (SSSR count). The molecule has 0 atom stereocenters. The Kier molecular flexibility index (Phi) is 5.52. The highest BCUT2D eigenvalue weighted by atomic mass is 35.5.